The lowest BCUT2D eigenvalue weighted by molar-refractivity contribution is 0.173. The van der Waals surface area contributed by atoms with Crippen LogP contribution in [0, 0.1) is 5.92 Å². The molecule has 3 unspecified atom stereocenters. The zero-order valence-electron chi connectivity index (χ0n) is 11.6. The second-order valence-electron chi connectivity index (χ2n) is 5.69. The molecule has 4 nitrogen and oxygen atoms in total. The topological polar surface area (TPSA) is 47.7 Å². The van der Waals surface area contributed by atoms with Crippen molar-refractivity contribution in [1.82, 2.24) is 4.90 Å². The number of ether oxygens (including phenoxy) is 2. The molecular weight excluding hydrogens is 240 g/mol. The van der Waals surface area contributed by atoms with Crippen molar-refractivity contribution in [2.24, 2.45) is 11.7 Å². The lowest BCUT2D eigenvalue weighted by Gasteiger charge is -2.25. The van der Waals surface area contributed by atoms with Crippen LogP contribution in [-0.2, 0) is 0 Å². The van der Waals surface area contributed by atoms with Gasteiger partial charge in [0.05, 0.1) is 0 Å². The highest BCUT2D eigenvalue weighted by atomic mass is 16.7. The van der Waals surface area contributed by atoms with E-state index in [1.807, 2.05) is 6.07 Å². The van der Waals surface area contributed by atoms with E-state index in [0.717, 1.165) is 24.6 Å². The van der Waals surface area contributed by atoms with Gasteiger partial charge in [0.1, 0.15) is 0 Å². The van der Waals surface area contributed by atoms with Crippen LogP contribution in [0.25, 0.3) is 0 Å². The number of benzene rings is 1. The fourth-order valence-electron chi connectivity index (χ4n) is 2.98. The molecule has 3 atom stereocenters. The summed E-state index contributed by atoms with van der Waals surface area (Å²) < 4.78 is 10.8. The molecule has 0 aliphatic carbocycles. The minimum Gasteiger partial charge on any atom is -0.454 e. The van der Waals surface area contributed by atoms with Crippen molar-refractivity contribution >= 4 is 0 Å². The summed E-state index contributed by atoms with van der Waals surface area (Å²) in [6.07, 6.45) is 1.20. The first-order valence-electron chi connectivity index (χ1n) is 7.04. The first-order chi connectivity index (χ1) is 9.15. The molecule has 1 saturated heterocycles. The van der Waals surface area contributed by atoms with E-state index in [2.05, 4.69) is 30.9 Å². The van der Waals surface area contributed by atoms with Gasteiger partial charge < -0.3 is 15.2 Å². The van der Waals surface area contributed by atoms with Crippen LogP contribution in [0.5, 0.6) is 11.5 Å². The van der Waals surface area contributed by atoms with Crippen molar-refractivity contribution in [1.29, 1.82) is 0 Å². The highest BCUT2D eigenvalue weighted by Crippen LogP contribution is 2.36. The summed E-state index contributed by atoms with van der Waals surface area (Å²) in [5.41, 5.74) is 7.30. The summed E-state index contributed by atoms with van der Waals surface area (Å²) in [7, 11) is 0. The second-order valence-corrected chi connectivity index (χ2v) is 5.69. The van der Waals surface area contributed by atoms with Crippen molar-refractivity contribution < 1.29 is 9.47 Å². The second kappa shape index (κ2) is 5.02. The third-order valence-electron chi connectivity index (χ3n) is 4.43. The Morgan fingerprint density at radius 1 is 1.26 bits per heavy atom. The van der Waals surface area contributed by atoms with Crippen LogP contribution in [0.4, 0.5) is 0 Å². The van der Waals surface area contributed by atoms with Gasteiger partial charge in [-0.05, 0) is 50.4 Å². The normalized spacial score (nSPS) is 25.5. The minimum absolute atomic E-state index is 0.286. The average Bonchev–Trinajstić information content (AvgIpc) is 3.06. The molecule has 0 radical (unpaired) electrons. The van der Waals surface area contributed by atoms with Gasteiger partial charge in [-0.15, -0.1) is 0 Å². The van der Waals surface area contributed by atoms with E-state index >= 15 is 0 Å². The Morgan fingerprint density at radius 2 is 2.05 bits per heavy atom. The van der Waals surface area contributed by atoms with Gasteiger partial charge >= 0.3 is 0 Å². The van der Waals surface area contributed by atoms with Crippen molar-refractivity contribution in [2.75, 3.05) is 19.9 Å². The Kier molecular flexibility index (Phi) is 3.37. The third-order valence-corrected chi connectivity index (χ3v) is 4.43. The molecule has 2 heterocycles. The van der Waals surface area contributed by atoms with Crippen molar-refractivity contribution in [3.8, 4) is 11.5 Å². The smallest absolute Gasteiger partial charge is 0.231 e. The Bertz CT molecular complexity index is 461. The van der Waals surface area contributed by atoms with Crippen molar-refractivity contribution in [2.45, 2.75) is 32.4 Å². The summed E-state index contributed by atoms with van der Waals surface area (Å²) in [5.74, 6) is 2.34. The van der Waals surface area contributed by atoms with Gasteiger partial charge in [0.25, 0.3) is 0 Å². The van der Waals surface area contributed by atoms with E-state index < -0.39 is 0 Å². The van der Waals surface area contributed by atoms with Gasteiger partial charge in [-0.25, -0.2) is 0 Å². The first kappa shape index (κ1) is 12.8. The van der Waals surface area contributed by atoms with E-state index in [1.165, 1.54) is 12.0 Å². The molecule has 1 aromatic rings. The monoisotopic (exact) mass is 262 g/mol. The number of likely N-dealkylation sites (tertiary alicyclic amines) is 1. The average molecular weight is 262 g/mol. The summed E-state index contributed by atoms with van der Waals surface area (Å²) in [5, 5.41) is 0. The molecule has 0 spiro atoms. The molecular formula is C15H22N2O2. The van der Waals surface area contributed by atoms with Gasteiger partial charge in [-0.3, -0.25) is 4.90 Å². The number of fused-ring (bicyclic) bond motifs is 1. The lowest BCUT2D eigenvalue weighted by Crippen LogP contribution is -2.30. The zero-order valence-corrected chi connectivity index (χ0v) is 11.6. The molecule has 1 aromatic carbocycles. The number of nitrogens with zero attached hydrogens (tertiary/aromatic N) is 1. The van der Waals surface area contributed by atoms with E-state index in [9.17, 15) is 0 Å². The van der Waals surface area contributed by atoms with Gasteiger partial charge in [-0.2, -0.15) is 0 Å². The molecule has 19 heavy (non-hydrogen) atoms. The fraction of sp³-hybridized carbons (Fsp3) is 0.600. The standard InChI is InChI=1S/C15H22N2O2/c1-10(16)13-5-6-17(8-13)11(2)12-3-4-14-15(7-12)19-9-18-14/h3-4,7,10-11,13H,5-6,8-9,16H2,1-2H3. The third kappa shape index (κ3) is 2.42. The molecule has 0 amide bonds. The van der Waals surface area contributed by atoms with Crippen LogP contribution in [0.1, 0.15) is 31.9 Å². The molecule has 2 aliphatic rings. The predicted molar refractivity (Wildman–Crippen MR) is 74.3 cm³/mol. The summed E-state index contributed by atoms with van der Waals surface area (Å²) in [6, 6.07) is 6.93. The Balaban J connectivity index is 1.72. The van der Waals surface area contributed by atoms with Gasteiger partial charge in [0, 0.05) is 18.6 Å². The van der Waals surface area contributed by atoms with E-state index in [0.29, 0.717) is 18.8 Å². The largest absolute Gasteiger partial charge is 0.454 e. The number of hydrogen-bond acceptors (Lipinski definition) is 4. The molecule has 4 heteroatoms. The van der Waals surface area contributed by atoms with Crippen LogP contribution in [0.15, 0.2) is 18.2 Å². The quantitative estimate of drug-likeness (QED) is 0.906. The number of rotatable bonds is 3. The van der Waals surface area contributed by atoms with Crippen molar-refractivity contribution in [3.63, 3.8) is 0 Å². The maximum Gasteiger partial charge on any atom is 0.231 e. The molecule has 0 saturated carbocycles. The number of hydrogen-bond donors (Lipinski definition) is 1. The Morgan fingerprint density at radius 3 is 2.79 bits per heavy atom. The van der Waals surface area contributed by atoms with Gasteiger partial charge in [0.2, 0.25) is 6.79 Å². The molecule has 2 aliphatic heterocycles. The maximum atomic E-state index is 6.01. The maximum absolute atomic E-state index is 6.01. The SMILES string of the molecule is CC(N)C1CCN(C(C)c2ccc3c(c2)OCO3)C1. The zero-order chi connectivity index (χ0) is 13.4. The molecule has 0 aromatic heterocycles. The van der Waals surface area contributed by atoms with Gasteiger partial charge in [0.15, 0.2) is 11.5 Å². The minimum atomic E-state index is 0.286. The van der Waals surface area contributed by atoms with E-state index in [4.69, 9.17) is 15.2 Å². The lowest BCUT2D eigenvalue weighted by atomic mass is 10.0. The Labute approximate surface area is 114 Å². The van der Waals surface area contributed by atoms with E-state index in [-0.39, 0.29) is 6.04 Å². The molecule has 104 valence electrons. The van der Waals surface area contributed by atoms with Crippen LogP contribution >= 0.6 is 0 Å². The highest BCUT2D eigenvalue weighted by Gasteiger charge is 2.29. The van der Waals surface area contributed by atoms with Crippen LogP contribution < -0.4 is 15.2 Å². The highest BCUT2D eigenvalue weighted by molar-refractivity contribution is 5.45. The van der Waals surface area contributed by atoms with Gasteiger partial charge in [-0.1, -0.05) is 6.07 Å². The van der Waals surface area contributed by atoms with E-state index in [1.54, 1.807) is 0 Å². The number of nitrogens with two attached hydrogens (primary N) is 1. The van der Waals surface area contributed by atoms with Crippen molar-refractivity contribution in [3.05, 3.63) is 23.8 Å². The molecule has 1 fully saturated rings. The van der Waals surface area contributed by atoms with Crippen LogP contribution in [0.3, 0.4) is 0 Å². The summed E-state index contributed by atoms with van der Waals surface area (Å²) in [4.78, 5) is 2.51. The molecule has 2 N–H and O–H groups in total. The fourth-order valence-corrected chi connectivity index (χ4v) is 2.98. The molecule has 3 rings (SSSR count). The van der Waals surface area contributed by atoms with Crippen LogP contribution in [-0.4, -0.2) is 30.8 Å². The first-order valence-corrected chi connectivity index (χ1v) is 7.04. The summed E-state index contributed by atoms with van der Waals surface area (Å²) >= 11 is 0. The predicted octanol–water partition coefficient (Wildman–Crippen LogP) is 2.15. The van der Waals surface area contributed by atoms with Crippen LogP contribution in [0.2, 0.25) is 0 Å². The summed E-state index contributed by atoms with van der Waals surface area (Å²) in [6.45, 7) is 6.92. The molecule has 0 bridgehead atoms. The Hall–Kier alpha value is -1.26.